The first-order valence-electron chi connectivity index (χ1n) is 5.31. The molecule has 0 aromatic heterocycles. The Kier molecular flexibility index (Phi) is 4.20. The van der Waals surface area contributed by atoms with Crippen LogP contribution < -0.4 is 10.6 Å². The predicted molar refractivity (Wildman–Crippen MR) is 55.4 cm³/mol. The fourth-order valence-electron chi connectivity index (χ4n) is 2.20. The fourth-order valence-corrected chi connectivity index (χ4v) is 2.20. The monoisotopic (exact) mass is 200 g/mol. The van der Waals surface area contributed by atoms with Gasteiger partial charge in [-0.1, -0.05) is 13.8 Å². The van der Waals surface area contributed by atoms with E-state index in [2.05, 4.69) is 24.5 Å². The summed E-state index contributed by atoms with van der Waals surface area (Å²) in [7, 11) is 0. The van der Waals surface area contributed by atoms with E-state index in [9.17, 15) is 4.79 Å². The van der Waals surface area contributed by atoms with Crippen molar-refractivity contribution in [3.8, 4) is 0 Å². The maximum Gasteiger partial charge on any atom is 0.404 e. The summed E-state index contributed by atoms with van der Waals surface area (Å²) >= 11 is 0. The Bertz CT molecular complexity index is 195. The molecule has 82 valence electrons. The van der Waals surface area contributed by atoms with Crippen molar-refractivity contribution in [3.05, 3.63) is 0 Å². The summed E-state index contributed by atoms with van der Waals surface area (Å²) in [6.07, 6.45) is 1.48. The molecular formula is C10H20N2O2. The van der Waals surface area contributed by atoms with Crippen LogP contribution in [0.1, 0.15) is 26.7 Å². The number of nitrogens with one attached hydrogen (secondary N) is 2. The van der Waals surface area contributed by atoms with E-state index in [-0.39, 0.29) is 0 Å². The summed E-state index contributed by atoms with van der Waals surface area (Å²) < 4.78 is 0. The molecular weight excluding hydrogens is 180 g/mol. The Labute approximate surface area is 85.1 Å². The second kappa shape index (κ2) is 5.20. The molecule has 0 aromatic rings. The Morgan fingerprint density at radius 3 is 2.93 bits per heavy atom. The van der Waals surface area contributed by atoms with Gasteiger partial charge in [-0.2, -0.15) is 0 Å². The van der Waals surface area contributed by atoms with Crippen LogP contribution in [0.15, 0.2) is 0 Å². The Morgan fingerprint density at radius 2 is 2.36 bits per heavy atom. The van der Waals surface area contributed by atoms with Crippen LogP contribution in [-0.2, 0) is 0 Å². The third-order valence-corrected chi connectivity index (χ3v) is 2.97. The van der Waals surface area contributed by atoms with Crippen LogP contribution in [0.2, 0.25) is 0 Å². The van der Waals surface area contributed by atoms with Crippen LogP contribution in [0, 0.1) is 11.8 Å². The lowest BCUT2D eigenvalue weighted by atomic mass is 9.82. The van der Waals surface area contributed by atoms with Gasteiger partial charge in [0.25, 0.3) is 0 Å². The van der Waals surface area contributed by atoms with E-state index in [1.807, 2.05) is 0 Å². The fraction of sp³-hybridized carbons (Fsp3) is 0.900. The van der Waals surface area contributed by atoms with Crippen molar-refractivity contribution >= 4 is 6.09 Å². The Morgan fingerprint density at radius 1 is 1.64 bits per heavy atom. The number of carbonyl (C=O) groups is 1. The van der Waals surface area contributed by atoms with Gasteiger partial charge in [0.15, 0.2) is 0 Å². The molecule has 0 radical (unpaired) electrons. The number of hydrogen-bond donors (Lipinski definition) is 3. The summed E-state index contributed by atoms with van der Waals surface area (Å²) in [6.45, 7) is 5.93. The second-order valence-electron chi connectivity index (χ2n) is 4.30. The normalized spacial score (nSPS) is 27.6. The highest BCUT2D eigenvalue weighted by atomic mass is 16.4. The third-order valence-electron chi connectivity index (χ3n) is 2.97. The lowest BCUT2D eigenvalue weighted by molar-refractivity contribution is 0.180. The van der Waals surface area contributed by atoms with Crippen LogP contribution in [-0.4, -0.2) is 30.3 Å². The number of piperidine rings is 1. The molecule has 2 atom stereocenters. The van der Waals surface area contributed by atoms with E-state index in [0.29, 0.717) is 24.4 Å². The van der Waals surface area contributed by atoms with E-state index in [0.717, 1.165) is 6.54 Å². The van der Waals surface area contributed by atoms with Gasteiger partial charge in [0.05, 0.1) is 0 Å². The molecule has 0 aromatic carbocycles. The first kappa shape index (κ1) is 11.3. The van der Waals surface area contributed by atoms with Crippen LogP contribution >= 0.6 is 0 Å². The summed E-state index contributed by atoms with van der Waals surface area (Å²) in [6, 6.07) is 0.305. The summed E-state index contributed by atoms with van der Waals surface area (Å²) in [5, 5.41) is 14.4. The van der Waals surface area contributed by atoms with Gasteiger partial charge < -0.3 is 15.7 Å². The highest BCUT2D eigenvalue weighted by molar-refractivity contribution is 5.64. The number of rotatable bonds is 3. The van der Waals surface area contributed by atoms with Crippen molar-refractivity contribution in [1.82, 2.24) is 10.6 Å². The average molecular weight is 200 g/mol. The first-order chi connectivity index (χ1) is 6.61. The average Bonchev–Trinajstić information content (AvgIpc) is 2.15. The summed E-state index contributed by atoms with van der Waals surface area (Å²) in [4.78, 5) is 10.4. The molecule has 1 saturated heterocycles. The van der Waals surface area contributed by atoms with Gasteiger partial charge in [0, 0.05) is 12.6 Å². The lowest BCUT2D eigenvalue weighted by Crippen LogP contribution is -2.49. The maximum atomic E-state index is 10.4. The van der Waals surface area contributed by atoms with E-state index in [1.54, 1.807) is 0 Å². The minimum Gasteiger partial charge on any atom is -0.465 e. The summed E-state index contributed by atoms with van der Waals surface area (Å²) in [5.74, 6) is 1.21. The molecule has 3 N–H and O–H groups in total. The van der Waals surface area contributed by atoms with Crippen molar-refractivity contribution in [1.29, 1.82) is 0 Å². The van der Waals surface area contributed by atoms with Crippen LogP contribution in [0.3, 0.4) is 0 Å². The molecule has 0 bridgehead atoms. The highest BCUT2D eigenvalue weighted by Gasteiger charge is 2.27. The molecule has 0 saturated carbocycles. The molecule has 4 heteroatoms. The molecule has 14 heavy (non-hydrogen) atoms. The van der Waals surface area contributed by atoms with Crippen molar-refractivity contribution in [2.75, 3.05) is 13.1 Å². The number of hydrogen-bond acceptors (Lipinski definition) is 2. The minimum absolute atomic E-state index is 0.305. The number of carboxylic acid groups (broad SMARTS) is 1. The van der Waals surface area contributed by atoms with Gasteiger partial charge in [-0.3, -0.25) is 0 Å². The third kappa shape index (κ3) is 3.18. The van der Waals surface area contributed by atoms with Gasteiger partial charge in [0.1, 0.15) is 0 Å². The minimum atomic E-state index is -0.931. The zero-order valence-electron chi connectivity index (χ0n) is 8.92. The highest BCUT2D eigenvalue weighted by Crippen LogP contribution is 2.23. The molecule has 1 fully saturated rings. The summed E-state index contributed by atoms with van der Waals surface area (Å²) in [5.41, 5.74) is 0. The molecule has 1 aliphatic heterocycles. The van der Waals surface area contributed by atoms with Crippen LogP contribution in [0.4, 0.5) is 4.79 Å². The molecule has 1 rings (SSSR count). The molecule has 1 amide bonds. The van der Waals surface area contributed by atoms with Crippen LogP contribution in [0.5, 0.6) is 0 Å². The van der Waals surface area contributed by atoms with Crippen LogP contribution in [0.25, 0.3) is 0 Å². The molecule has 1 aliphatic rings. The van der Waals surface area contributed by atoms with Crippen molar-refractivity contribution in [2.45, 2.75) is 32.7 Å². The van der Waals surface area contributed by atoms with Crippen molar-refractivity contribution in [3.63, 3.8) is 0 Å². The molecule has 1 heterocycles. The van der Waals surface area contributed by atoms with E-state index >= 15 is 0 Å². The molecule has 0 aliphatic carbocycles. The smallest absolute Gasteiger partial charge is 0.404 e. The standard InChI is InChI=1S/C10H20N2O2/c1-7(2)8-4-3-5-11-9(8)6-12-10(13)14/h7-9,11-12H,3-6H2,1-2H3,(H,13,14)/t8-,9+/m0/s1. The molecule has 0 spiro atoms. The van der Waals surface area contributed by atoms with E-state index < -0.39 is 6.09 Å². The molecule has 4 nitrogen and oxygen atoms in total. The van der Waals surface area contributed by atoms with Gasteiger partial charge in [0.2, 0.25) is 0 Å². The maximum absolute atomic E-state index is 10.4. The van der Waals surface area contributed by atoms with Crippen molar-refractivity contribution < 1.29 is 9.90 Å². The number of amides is 1. The van der Waals surface area contributed by atoms with Gasteiger partial charge in [-0.05, 0) is 31.2 Å². The van der Waals surface area contributed by atoms with E-state index in [4.69, 9.17) is 5.11 Å². The SMILES string of the molecule is CC(C)[C@@H]1CCCN[C@@H]1CNC(=O)O. The molecule has 0 unspecified atom stereocenters. The van der Waals surface area contributed by atoms with Gasteiger partial charge >= 0.3 is 6.09 Å². The lowest BCUT2D eigenvalue weighted by Gasteiger charge is -2.35. The zero-order valence-corrected chi connectivity index (χ0v) is 8.92. The zero-order chi connectivity index (χ0) is 10.6. The van der Waals surface area contributed by atoms with Gasteiger partial charge in [-0.25, -0.2) is 4.79 Å². The quantitative estimate of drug-likeness (QED) is 0.643. The van der Waals surface area contributed by atoms with Gasteiger partial charge in [-0.15, -0.1) is 0 Å². The topological polar surface area (TPSA) is 61.4 Å². The predicted octanol–water partition coefficient (Wildman–Crippen LogP) is 1.28. The second-order valence-corrected chi connectivity index (χ2v) is 4.30. The Hall–Kier alpha value is -0.770. The van der Waals surface area contributed by atoms with E-state index in [1.165, 1.54) is 12.8 Å². The first-order valence-corrected chi connectivity index (χ1v) is 5.31. The van der Waals surface area contributed by atoms with Crippen molar-refractivity contribution in [2.24, 2.45) is 11.8 Å². The largest absolute Gasteiger partial charge is 0.465 e. The Balaban J connectivity index is 2.41.